The van der Waals surface area contributed by atoms with Crippen LogP contribution in [-0.4, -0.2) is 20.3 Å². The van der Waals surface area contributed by atoms with E-state index in [1.165, 1.54) is 6.42 Å². The molecule has 0 saturated heterocycles. The maximum Gasteiger partial charge on any atom is 0.129 e. The topological polar surface area (TPSA) is 47.3 Å². The molecule has 22 heavy (non-hydrogen) atoms. The molecule has 4 rings (SSSR count). The molecular weight excluding hydrogens is 276 g/mol. The van der Waals surface area contributed by atoms with Gasteiger partial charge in [0.1, 0.15) is 17.1 Å². The van der Waals surface area contributed by atoms with E-state index < -0.39 is 0 Å². The Morgan fingerprint density at radius 2 is 2.00 bits per heavy atom. The van der Waals surface area contributed by atoms with Crippen LogP contribution >= 0.6 is 0 Å². The molecule has 4 heteroatoms. The summed E-state index contributed by atoms with van der Waals surface area (Å²) in [5.74, 6) is 1.38. The van der Waals surface area contributed by atoms with Crippen molar-refractivity contribution in [1.82, 2.24) is 9.55 Å². The van der Waals surface area contributed by atoms with Crippen molar-refractivity contribution < 1.29 is 9.84 Å². The lowest BCUT2D eigenvalue weighted by atomic mass is 9.71. The zero-order valence-electron chi connectivity index (χ0n) is 13.4. The second-order valence-electron chi connectivity index (χ2n) is 6.83. The molecule has 0 amide bonds. The summed E-state index contributed by atoms with van der Waals surface area (Å²) in [5.41, 5.74) is 4.02. The van der Waals surface area contributed by atoms with Crippen LogP contribution in [0.5, 0.6) is 11.5 Å². The summed E-state index contributed by atoms with van der Waals surface area (Å²) in [6, 6.07) is 0.191. The second-order valence-corrected chi connectivity index (χ2v) is 6.83. The van der Waals surface area contributed by atoms with E-state index in [1.54, 1.807) is 0 Å². The highest BCUT2D eigenvalue weighted by Gasteiger charge is 2.47. The van der Waals surface area contributed by atoms with E-state index in [0.717, 1.165) is 47.3 Å². The van der Waals surface area contributed by atoms with Crippen molar-refractivity contribution in [1.29, 1.82) is 0 Å². The van der Waals surface area contributed by atoms with Gasteiger partial charge in [-0.3, -0.25) is 0 Å². The summed E-state index contributed by atoms with van der Waals surface area (Å²) in [6.07, 6.45) is 10.1. The monoisotopic (exact) mass is 298 g/mol. The van der Waals surface area contributed by atoms with Gasteiger partial charge in [-0.2, -0.15) is 0 Å². The molecule has 1 aliphatic heterocycles. The molecule has 1 aromatic carbocycles. The molecule has 2 heterocycles. The highest BCUT2D eigenvalue weighted by molar-refractivity contribution is 5.59. The number of phenolic OH excluding ortho intramolecular Hbond substituents is 1. The number of ether oxygens (including phenoxy) is 1. The average Bonchev–Trinajstić information content (AvgIpc) is 3.02. The van der Waals surface area contributed by atoms with Crippen molar-refractivity contribution in [2.45, 2.75) is 58.1 Å². The van der Waals surface area contributed by atoms with E-state index in [2.05, 4.69) is 16.5 Å². The summed E-state index contributed by atoms with van der Waals surface area (Å²) in [4.78, 5) is 4.21. The van der Waals surface area contributed by atoms with Crippen LogP contribution in [0.15, 0.2) is 18.7 Å². The first-order chi connectivity index (χ1) is 10.5. The number of aromatic hydroxyl groups is 1. The van der Waals surface area contributed by atoms with Gasteiger partial charge in [0.15, 0.2) is 0 Å². The van der Waals surface area contributed by atoms with E-state index in [0.29, 0.717) is 5.75 Å². The highest BCUT2D eigenvalue weighted by Crippen LogP contribution is 2.53. The number of imidazole rings is 1. The van der Waals surface area contributed by atoms with Gasteiger partial charge < -0.3 is 14.4 Å². The first-order valence-corrected chi connectivity index (χ1v) is 8.01. The van der Waals surface area contributed by atoms with Gasteiger partial charge >= 0.3 is 0 Å². The molecule has 1 atom stereocenters. The Morgan fingerprint density at radius 1 is 1.23 bits per heavy atom. The zero-order chi connectivity index (χ0) is 15.5. The fourth-order valence-corrected chi connectivity index (χ4v) is 3.96. The molecule has 4 nitrogen and oxygen atoms in total. The van der Waals surface area contributed by atoms with Crippen LogP contribution in [0, 0.1) is 20.8 Å². The van der Waals surface area contributed by atoms with Crippen LogP contribution in [0.25, 0.3) is 0 Å². The van der Waals surface area contributed by atoms with Crippen molar-refractivity contribution in [3.05, 3.63) is 41.0 Å². The molecule has 1 unspecified atom stereocenters. The minimum Gasteiger partial charge on any atom is -0.507 e. The second kappa shape index (κ2) is 4.51. The number of fused-ring (bicyclic) bond motifs is 1. The lowest BCUT2D eigenvalue weighted by Gasteiger charge is -2.49. The number of phenols is 1. The largest absolute Gasteiger partial charge is 0.507 e. The van der Waals surface area contributed by atoms with E-state index in [1.807, 2.05) is 32.6 Å². The number of benzene rings is 1. The quantitative estimate of drug-likeness (QED) is 0.871. The third-order valence-electron chi connectivity index (χ3n) is 5.63. The third-order valence-corrected chi connectivity index (χ3v) is 5.63. The van der Waals surface area contributed by atoms with Gasteiger partial charge in [0.05, 0.1) is 12.4 Å². The van der Waals surface area contributed by atoms with Crippen LogP contribution < -0.4 is 4.74 Å². The normalized spacial score (nSPS) is 22.0. The minimum absolute atomic E-state index is 0.0252. The zero-order valence-corrected chi connectivity index (χ0v) is 13.4. The van der Waals surface area contributed by atoms with Gasteiger partial charge in [-0.05, 0) is 51.2 Å². The highest BCUT2D eigenvalue weighted by atomic mass is 16.5. The average molecular weight is 298 g/mol. The molecule has 116 valence electrons. The van der Waals surface area contributed by atoms with Gasteiger partial charge in [0.2, 0.25) is 0 Å². The van der Waals surface area contributed by atoms with E-state index in [-0.39, 0.29) is 11.6 Å². The Hall–Kier alpha value is -1.97. The van der Waals surface area contributed by atoms with Gasteiger partial charge in [0, 0.05) is 29.9 Å². The molecule has 1 fully saturated rings. The number of hydrogen-bond donors (Lipinski definition) is 1. The Bertz CT molecular complexity index is 730. The van der Waals surface area contributed by atoms with Gasteiger partial charge in [-0.15, -0.1) is 0 Å². The van der Waals surface area contributed by atoms with Crippen molar-refractivity contribution in [2.75, 3.05) is 0 Å². The fraction of sp³-hybridized carbons (Fsp3) is 0.500. The number of nitrogens with zero attached hydrogens (tertiary/aromatic N) is 2. The lowest BCUT2D eigenvalue weighted by Crippen LogP contribution is -2.48. The molecule has 2 aromatic rings. The molecule has 0 radical (unpaired) electrons. The number of hydrogen-bond acceptors (Lipinski definition) is 3. The molecule has 2 aliphatic rings. The summed E-state index contributed by atoms with van der Waals surface area (Å²) in [6.45, 7) is 6.01. The lowest BCUT2D eigenvalue weighted by molar-refractivity contribution is -0.0373. The van der Waals surface area contributed by atoms with Crippen molar-refractivity contribution in [3.63, 3.8) is 0 Å². The molecule has 1 saturated carbocycles. The Balaban J connectivity index is 1.96. The maximum absolute atomic E-state index is 10.5. The first-order valence-electron chi connectivity index (χ1n) is 8.01. The standard InChI is InChI=1S/C18H22N2O2/c1-11-12(2)17-15(13(3)16(11)21)14(20-8-7-19-10-20)9-18(22-17)5-4-6-18/h7-8,10,14,21H,4-6,9H2,1-3H3. The van der Waals surface area contributed by atoms with Gasteiger partial charge in [0.25, 0.3) is 0 Å². The molecule has 1 aliphatic carbocycles. The van der Waals surface area contributed by atoms with Crippen molar-refractivity contribution in [3.8, 4) is 11.5 Å². The number of rotatable bonds is 1. The van der Waals surface area contributed by atoms with E-state index in [4.69, 9.17) is 4.74 Å². The van der Waals surface area contributed by atoms with Crippen LogP contribution in [0.1, 0.15) is 54.0 Å². The Labute approximate surface area is 130 Å². The van der Waals surface area contributed by atoms with Crippen LogP contribution in [0.4, 0.5) is 0 Å². The SMILES string of the molecule is Cc1c(C)c2c(c(C)c1O)C(n1ccnc1)CC1(CCC1)O2. The molecule has 1 N–H and O–H groups in total. The summed E-state index contributed by atoms with van der Waals surface area (Å²) in [5, 5.41) is 10.5. The minimum atomic E-state index is -0.0252. The van der Waals surface area contributed by atoms with E-state index >= 15 is 0 Å². The Kier molecular flexibility index (Phi) is 2.80. The Morgan fingerprint density at radius 3 is 2.59 bits per heavy atom. The summed E-state index contributed by atoms with van der Waals surface area (Å²) < 4.78 is 8.64. The van der Waals surface area contributed by atoms with Gasteiger partial charge in [-0.1, -0.05) is 0 Å². The van der Waals surface area contributed by atoms with Crippen molar-refractivity contribution in [2.24, 2.45) is 0 Å². The predicted octanol–water partition coefficient (Wildman–Crippen LogP) is 3.81. The first kappa shape index (κ1) is 13.7. The summed E-state index contributed by atoms with van der Waals surface area (Å²) in [7, 11) is 0. The van der Waals surface area contributed by atoms with Crippen LogP contribution in [0.3, 0.4) is 0 Å². The smallest absolute Gasteiger partial charge is 0.129 e. The fourth-order valence-electron chi connectivity index (χ4n) is 3.96. The van der Waals surface area contributed by atoms with Crippen LogP contribution in [0.2, 0.25) is 0 Å². The molecular formula is C18H22N2O2. The molecule has 1 spiro atoms. The van der Waals surface area contributed by atoms with Crippen molar-refractivity contribution >= 4 is 0 Å². The van der Waals surface area contributed by atoms with E-state index in [9.17, 15) is 5.11 Å². The molecule has 0 bridgehead atoms. The maximum atomic E-state index is 10.5. The summed E-state index contributed by atoms with van der Waals surface area (Å²) >= 11 is 0. The third kappa shape index (κ3) is 1.73. The number of aromatic nitrogens is 2. The molecule has 1 aromatic heterocycles. The van der Waals surface area contributed by atoms with Gasteiger partial charge in [-0.25, -0.2) is 4.98 Å². The van der Waals surface area contributed by atoms with Crippen LogP contribution in [-0.2, 0) is 0 Å². The predicted molar refractivity (Wildman–Crippen MR) is 84.5 cm³/mol.